The minimum atomic E-state index is -3.61. The summed E-state index contributed by atoms with van der Waals surface area (Å²) in [6.45, 7) is 2.35. The molecule has 2 aliphatic heterocycles. The average molecular weight is 434 g/mol. The Bertz CT molecular complexity index is 775. The Morgan fingerprint density at radius 3 is 2.39 bits per heavy atom. The van der Waals surface area contributed by atoms with Gasteiger partial charge in [0.1, 0.15) is 0 Å². The van der Waals surface area contributed by atoms with Crippen molar-refractivity contribution in [3.63, 3.8) is 0 Å². The number of benzene rings is 1. The maximum Gasteiger partial charge on any atom is 0.243 e. The average Bonchev–Trinajstić information content (AvgIpc) is 3.22. The molecule has 0 radical (unpaired) electrons. The van der Waals surface area contributed by atoms with Gasteiger partial charge in [0.2, 0.25) is 15.9 Å². The fraction of sp³-hybridized carbons (Fsp3) is 0.611. The molecule has 1 atom stereocenters. The number of amides is 1. The number of sulfonamides is 1. The second-order valence-corrected chi connectivity index (χ2v) is 8.83. The quantitative estimate of drug-likeness (QED) is 0.694. The normalized spacial score (nSPS) is 21.0. The summed E-state index contributed by atoms with van der Waals surface area (Å²) in [4.78, 5) is 12.4. The first-order valence-electron chi connectivity index (χ1n) is 9.19. The maximum atomic E-state index is 12.9. The number of methoxy groups -OCH3 is 2. The van der Waals surface area contributed by atoms with Crippen LogP contribution in [0.2, 0.25) is 0 Å². The Labute approximate surface area is 172 Å². The lowest BCUT2D eigenvalue weighted by Gasteiger charge is -2.32. The minimum absolute atomic E-state index is 0. The van der Waals surface area contributed by atoms with Gasteiger partial charge >= 0.3 is 0 Å². The fourth-order valence-electron chi connectivity index (χ4n) is 3.56. The summed E-state index contributed by atoms with van der Waals surface area (Å²) in [5, 5.41) is 6.25. The standard InChI is InChI=1S/C18H27N3O5S.ClH/c1-25-16-4-3-15(11-17(16)26-2)27(23,24)21-9-6-14(7-10-21)20-18(22)13-5-8-19-12-13;/h3-4,11,13-14,19H,5-10,12H2,1-2H3,(H,20,22);1H. The molecule has 0 bridgehead atoms. The molecule has 10 heteroatoms. The molecule has 0 aliphatic carbocycles. The summed E-state index contributed by atoms with van der Waals surface area (Å²) in [6.07, 6.45) is 2.08. The monoisotopic (exact) mass is 433 g/mol. The van der Waals surface area contributed by atoms with Gasteiger partial charge in [0.15, 0.2) is 11.5 Å². The Hall–Kier alpha value is -1.55. The molecule has 1 amide bonds. The van der Waals surface area contributed by atoms with Crippen molar-refractivity contribution < 1.29 is 22.7 Å². The molecule has 0 aromatic heterocycles. The van der Waals surface area contributed by atoms with Gasteiger partial charge in [0.05, 0.1) is 25.0 Å². The molecule has 8 nitrogen and oxygen atoms in total. The van der Waals surface area contributed by atoms with Crippen LogP contribution in [0, 0.1) is 5.92 Å². The first kappa shape index (κ1) is 22.7. The van der Waals surface area contributed by atoms with Gasteiger partial charge in [-0.25, -0.2) is 8.42 Å². The van der Waals surface area contributed by atoms with Gasteiger partial charge in [0, 0.05) is 31.7 Å². The van der Waals surface area contributed by atoms with Crippen LogP contribution in [0.3, 0.4) is 0 Å². The first-order valence-corrected chi connectivity index (χ1v) is 10.6. The molecular formula is C18H28ClN3O5S. The molecule has 2 N–H and O–H groups in total. The van der Waals surface area contributed by atoms with Crippen LogP contribution in [0.4, 0.5) is 0 Å². The number of carbonyl (C=O) groups is 1. The van der Waals surface area contributed by atoms with E-state index in [0.717, 1.165) is 19.5 Å². The lowest BCUT2D eigenvalue weighted by molar-refractivity contribution is -0.125. The molecule has 3 rings (SSSR count). The van der Waals surface area contributed by atoms with Crippen molar-refractivity contribution in [2.24, 2.45) is 5.92 Å². The summed E-state index contributed by atoms with van der Waals surface area (Å²) in [5.74, 6) is 0.963. The van der Waals surface area contributed by atoms with E-state index in [1.54, 1.807) is 6.07 Å². The summed E-state index contributed by atoms with van der Waals surface area (Å²) < 4.78 is 37.7. The molecule has 0 spiro atoms. The lowest BCUT2D eigenvalue weighted by atomic mass is 10.0. The van der Waals surface area contributed by atoms with E-state index in [4.69, 9.17) is 9.47 Å². The zero-order chi connectivity index (χ0) is 19.4. The van der Waals surface area contributed by atoms with E-state index in [1.807, 2.05) is 0 Å². The lowest BCUT2D eigenvalue weighted by Crippen LogP contribution is -2.48. The van der Waals surface area contributed by atoms with E-state index < -0.39 is 10.0 Å². The largest absolute Gasteiger partial charge is 0.493 e. The van der Waals surface area contributed by atoms with Gasteiger partial charge in [-0.05, 0) is 37.9 Å². The smallest absolute Gasteiger partial charge is 0.243 e. The summed E-state index contributed by atoms with van der Waals surface area (Å²) in [5.41, 5.74) is 0. The highest BCUT2D eigenvalue weighted by molar-refractivity contribution is 7.89. The third-order valence-corrected chi connectivity index (χ3v) is 7.12. The molecule has 28 heavy (non-hydrogen) atoms. The second-order valence-electron chi connectivity index (χ2n) is 6.89. The molecular weight excluding hydrogens is 406 g/mol. The van der Waals surface area contributed by atoms with Crippen LogP contribution >= 0.6 is 12.4 Å². The fourth-order valence-corrected chi connectivity index (χ4v) is 5.05. The SMILES string of the molecule is COc1ccc(S(=O)(=O)N2CCC(NC(=O)C3CCNC3)CC2)cc1OC.Cl. The molecule has 2 aliphatic rings. The first-order chi connectivity index (χ1) is 13.0. The summed E-state index contributed by atoms with van der Waals surface area (Å²) in [6, 6.07) is 4.62. The predicted molar refractivity (Wildman–Crippen MR) is 108 cm³/mol. The predicted octanol–water partition coefficient (Wildman–Crippen LogP) is 1.00. The van der Waals surface area contributed by atoms with E-state index in [0.29, 0.717) is 37.4 Å². The number of nitrogens with one attached hydrogen (secondary N) is 2. The van der Waals surface area contributed by atoms with Crippen molar-refractivity contribution in [1.29, 1.82) is 0 Å². The topological polar surface area (TPSA) is 97.0 Å². The number of hydrogen-bond acceptors (Lipinski definition) is 6. The summed E-state index contributed by atoms with van der Waals surface area (Å²) in [7, 11) is -0.631. The maximum absolute atomic E-state index is 12.9. The Morgan fingerprint density at radius 1 is 1.14 bits per heavy atom. The van der Waals surface area contributed by atoms with Crippen molar-refractivity contribution in [3.05, 3.63) is 18.2 Å². The van der Waals surface area contributed by atoms with Gasteiger partial charge < -0.3 is 20.1 Å². The Morgan fingerprint density at radius 2 is 1.82 bits per heavy atom. The highest BCUT2D eigenvalue weighted by Crippen LogP contribution is 2.31. The van der Waals surface area contributed by atoms with E-state index >= 15 is 0 Å². The number of halogens is 1. The van der Waals surface area contributed by atoms with Crippen molar-refractivity contribution >= 4 is 28.3 Å². The Balaban J connectivity index is 0.00000280. The number of nitrogens with zero attached hydrogens (tertiary/aromatic N) is 1. The zero-order valence-corrected chi connectivity index (χ0v) is 17.8. The third kappa shape index (κ3) is 4.89. The van der Waals surface area contributed by atoms with Gasteiger partial charge in [-0.2, -0.15) is 4.31 Å². The molecule has 1 aromatic carbocycles. The van der Waals surface area contributed by atoms with Gasteiger partial charge in [-0.1, -0.05) is 0 Å². The van der Waals surface area contributed by atoms with Crippen LogP contribution in [-0.4, -0.2) is 65.1 Å². The highest BCUT2D eigenvalue weighted by Gasteiger charge is 2.32. The third-order valence-electron chi connectivity index (χ3n) is 5.22. The molecule has 158 valence electrons. The number of rotatable bonds is 6. The molecule has 2 saturated heterocycles. The minimum Gasteiger partial charge on any atom is -0.493 e. The van der Waals surface area contributed by atoms with Gasteiger partial charge in [0.25, 0.3) is 0 Å². The van der Waals surface area contributed by atoms with Crippen LogP contribution in [0.1, 0.15) is 19.3 Å². The molecule has 1 aromatic rings. The van der Waals surface area contributed by atoms with Gasteiger partial charge in [-0.3, -0.25) is 4.79 Å². The molecule has 2 heterocycles. The van der Waals surface area contributed by atoms with Crippen LogP contribution in [0.25, 0.3) is 0 Å². The van der Waals surface area contributed by atoms with E-state index in [1.165, 1.54) is 30.7 Å². The number of piperidine rings is 1. The van der Waals surface area contributed by atoms with Crippen molar-refractivity contribution in [2.45, 2.75) is 30.2 Å². The number of carbonyl (C=O) groups excluding carboxylic acids is 1. The summed E-state index contributed by atoms with van der Waals surface area (Å²) >= 11 is 0. The molecule has 2 fully saturated rings. The Kier molecular flexibility index (Phi) is 7.94. The number of hydrogen-bond donors (Lipinski definition) is 2. The van der Waals surface area contributed by atoms with E-state index in [-0.39, 0.29) is 35.2 Å². The van der Waals surface area contributed by atoms with Crippen molar-refractivity contribution in [1.82, 2.24) is 14.9 Å². The van der Waals surface area contributed by atoms with E-state index in [2.05, 4.69) is 10.6 Å². The van der Waals surface area contributed by atoms with Crippen molar-refractivity contribution in [3.8, 4) is 11.5 Å². The highest BCUT2D eigenvalue weighted by atomic mass is 35.5. The van der Waals surface area contributed by atoms with Crippen LogP contribution < -0.4 is 20.1 Å². The van der Waals surface area contributed by atoms with Crippen molar-refractivity contribution in [2.75, 3.05) is 40.4 Å². The van der Waals surface area contributed by atoms with Crippen LogP contribution in [0.15, 0.2) is 23.1 Å². The molecule has 0 saturated carbocycles. The van der Waals surface area contributed by atoms with E-state index in [9.17, 15) is 13.2 Å². The van der Waals surface area contributed by atoms with Gasteiger partial charge in [-0.15, -0.1) is 12.4 Å². The second kappa shape index (κ2) is 9.78. The molecule has 1 unspecified atom stereocenters. The van der Waals surface area contributed by atoms with Crippen LogP contribution in [0.5, 0.6) is 11.5 Å². The van der Waals surface area contributed by atoms with Crippen LogP contribution in [-0.2, 0) is 14.8 Å². The zero-order valence-electron chi connectivity index (χ0n) is 16.1. The number of ether oxygens (including phenoxy) is 2.